The van der Waals surface area contributed by atoms with Crippen molar-refractivity contribution < 1.29 is 9.90 Å². The van der Waals surface area contributed by atoms with Crippen LogP contribution in [0.1, 0.15) is 119 Å². The van der Waals surface area contributed by atoms with Gasteiger partial charge in [0, 0.05) is 18.9 Å². The Morgan fingerprint density at radius 1 is 0.750 bits per heavy atom. The van der Waals surface area contributed by atoms with Gasteiger partial charge in [-0.25, -0.2) is 0 Å². The van der Waals surface area contributed by atoms with Crippen LogP contribution in [0.5, 0.6) is 0 Å². The van der Waals surface area contributed by atoms with Gasteiger partial charge in [0.2, 0.25) is 0 Å². The fourth-order valence-electron chi connectivity index (χ4n) is 11.3. The van der Waals surface area contributed by atoms with Crippen LogP contribution < -0.4 is 0 Å². The van der Waals surface area contributed by atoms with Crippen LogP contribution in [0.15, 0.2) is 0 Å². The summed E-state index contributed by atoms with van der Waals surface area (Å²) < 4.78 is 0. The smallest absolute Gasteiger partial charge is 0.136 e. The van der Waals surface area contributed by atoms with Gasteiger partial charge in [-0.05, 0) is 114 Å². The molecule has 0 aliphatic heterocycles. The van der Waals surface area contributed by atoms with E-state index in [1.165, 1.54) is 57.8 Å². The molecule has 0 bridgehead atoms. The number of aliphatic hydroxyl groups excluding tert-OH is 1. The number of hydrogen-bond acceptors (Lipinski definition) is 2. The predicted molar refractivity (Wildman–Crippen MR) is 131 cm³/mol. The molecule has 0 saturated heterocycles. The van der Waals surface area contributed by atoms with Crippen LogP contribution in [0.4, 0.5) is 0 Å². The van der Waals surface area contributed by atoms with Gasteiger partial charge in [-0.1, -0.05) is 48.5 Å². The van der Waals surface area contributed by atoms with Gasteiger partial charge in [0.05, 0.1) is 0 Å². The lowest BCUT2D eigenvalue weighted by atomic mass is 9.30. The molecule has 0 amide bonds. The first-order chi connectivity index (χ1) is 14.8. The van der Waals surface area contributed by atoms with E-state index < -0.39 is 0 Å². The maximum absolute atomic E-state index is 12.7. The summed E-state index contributed by atoms with van der Waals surface area (Å²) in [6.07, 6.45) is 13.4. The van der Waals surface area contributed by atoms with Crippen molar-refractivity contribution >= 4 is 5.78 Å². The van der Waals surface area contributed by atoms with Crippen molar-refractivity contribution in [3.63, 3.8) is 0 Å². The number of Topliss-reactive ketones (excluding diaryl/α,β-unsaturated/α-hetero) is 1. The first-order valence-corrected chi connectivity index (χ1v) is 13.9. The van der Waals surface area contributed by atoms with Crippen LogP contribution in [0.25, 0.3) is 0 Å². The van der Waals surface area contributed by atoms with Gasteiger partial charge in [-0.2, -0.15) is 0 Å². The summed E-state index contributed by atoms with van der Waals surface area (Å²) in [4.78, 5) is 12.7. The number of aliphatic hydroxyl groups is 1. The second kappa shape index (κ2) is 6.86. The minimum absolute atomic E-state index is 0.159. The Morgan fingerprint density at radius 3 is 2.06 bits per heavy atom. The summed E-state index contributed by atoms with van der Waals surface area (Å²) in [6, 6.07) is 0. The second-order valence-corrected chi connectivity index (χ2v) is 15.2. The maximum Gasteiger partial charge on any atom is 0.136 e. The molecule has 5 rings (SSSR count). The molecule has 9 atom stereocenters. The van der Waals surface area contributed by atoms with Crippen LogP contribution in [-0.2, 0) is 4.79 Å². The van der Waals surface area contributed by atoms with E-state index in [1.807, 2.05) is 0 Å². The average Bonchev–Trinajstić information content (AvgIpc) is 2.73. The van der Waals surface area contributed by atoms with Crippen molar-refractivity contribution in [1.82, 2.24) is 0 Å². The third kappa shape index (κ3) is 2.71. The summed E-state index contributed by atoms with van der Waals surface area (Å²) in [5.74, 6) is 2.84. The number of carbonyl (C=O) groups is 1. The molecule has 5 aliphatic rings. The number of hydrogen-bond donors (Lipinski definition) is 1. The van der Waals surface area contributed by atoms with E-state index >= 15 is 0 Å². The molecule has 0 aromatic rings. The van der Waals surface area contributed by atoms with Crippen LogP contribution in [-0.4, -0.2) is 17.5 Å². The largest absolute Gasteiger partial charge is 0.396 e. The molecule has 0 unspecified atom stereocenters. The number of rotatable bonds is 1. The van der Waals surface area contributed by atoms with Gasteiger partial charge in [0.1, 0.15) is 5.78 Å². The summed E-state index contributed by atoms with van der Waals surface area (Å²) in [7, 11) is 0. The fraction of sp³-hybridized carbons (Fsp3) is 0.967. The number of carbonyl (C=O) groups excluding carboxylic acids is 1. The Hall–Kier alpha value is -0.370. The van der Waals surface area contributed by atoms with E-state index in [9.17, 15) is 9.90 Å². The highest BCUT2D eigenvalue weighted by atomic mass is 16.3. The Balaban J connectivity index is 1.55. The zero-order valence-corrected chi connectivity index (χ0v) is 22.2. The van der Waals surface area contributed by atoms with Gasteiger partial charge in [-0.3, -0.25) is 4.79 Å². The van der Waals surface area contributed by atoms with Crippen molar-refractivity contribution in [3.05, 3.63) is 0 Å². The molecule has 5 fully saturated rings. The molecular formula is C30H50O2. The van der Waals surface area contributed by atoms with Crippen molar-refractivity contribution in [2.24, 2.45) is 56.2 Å². The minimum atomic E-state index is 0.159. The van der Waals surface area contributed by atoms with E-state index in [-0.39, 0.29) is 16.7 Å². The number of fused-ring (bicyclic) bond motifs is 7. The molecule has 1 N–H and O–H groups in total. The quantitative estimate of drug-likeness (QED) is 0.458. The summed E-state index contributed by atoms with van der Waals surface area (Å²) in [5, 5.41) is 10.7. The monoisotopic (exact) mass is 442 g/mol. The second-order valence-electron chi connectivity index (χ2n) is 15.2. The van der Waals surface area contributed by atoms with Crippen LogP contribution >= 0.6 is 0 Å². The molecule has 0 aromatic carbocycles. The van der Waals surface area contributed by atoms with Gasteiger partial charge in [-0.15, -0.1) is 0 Å². The maximum atomic E-state index is 12.7. The third-order valence-corrected chi connectivity index (χ3v) is 13.8. The van der Waals surface area contributed by atoms with Crippen molar-refractivity contribution in [2.75, 3.05) is 6.61 Å². The molecule has 32 heavy (non-hydrogen) atoms. The van der Waals surface area contributed by atoms with Crippen molar-refractivity contribution in [3.8, 4) is 0 Å². The molecule has 0 spiro atoms. The van der Waals surface area contributed by atoms with E-state index in [0.29, 0.717) is 45.9 Å². The average molecular weight is 443 g/mol. The van der Waals surface area contributed by atoms with Gasteiger partial charge in [0.25, 0.3) is 0 Å². The summed E-state index contributed by atoms with van der Waals surface area (Å²) in [5.41, 5.74) is 1.78. The molecule has 0 radical (unpaired) electrons. The third-order valence-electron chi connectivity index (χ3n) is 13.8. The lowest BCUT2D eigenvalue weighted by molar-refractivity contribution is -0.263. The minimum Gasteiger partial charge on any atom is -0.396 e. The predicted octanol–water partition coefficient (Wildman–Crippen LogP) is 7.43. The zero-order chi connectivity index (χ0) is 23.4. The molecular weight excluding hydrogens is 392 g/mol. The molecule has 182 valence electrons. The highest BCUT2D eigenvalue weighted by molar-refractivity contribution is 5.82. The Kier molecular flexibility index (Phi) is 5.01. The highest BCUT2D eigenvalue weighted by Crippen LogP contribution is 2.78. The zero-order valence-electron chi connectivity index (χ0n) is 22.2. The van der Waals surface area contributed by atoms with E-state index in [1.54, 1.807) is 0 Å². The topological polar surface area (TPSA) is 37.3 Å². The van der Waals surface area contributed by atoms with Gasteiger partial charge >= 0.3 is 0 Å². The standard InChI is InChI=1S/C30H50O2/c1-20-21(32)8-9-22-26(20,4)11-10-23-27(22,5)13-14-29(7)24-18-25(2,3)12-16-30(24,19-31)17-15-28(23,29)6/h20,22-24,31H,8-19H2,1-7H3/t20-,22-,23-,24+,26+,27-,28+,29-,30+/m0/s1. The fourth-order valence-corrected chi connectivity index (χ4v) is 11.3. The summed E-state index contributed by atoms with van der Waals surface area (Å²) >= 11 is 0. The highest BCUT2D eigenvalue weighted by Gasteiger charge is 2.71. The lowest BCUT2D eigenvalue weighted by Gasteiger charge is -2.75. The molecule has 5 aliphatic carbocycles. The van der Waals surface area contributed by atoms with E-state index in [2.05, 4.69) is 48.5 Å². The molecule has 0 aromatic heterocycles. The van der Waals surface area contributed by atoms with Gasteiger partial charge in [0.15, 0.2) is 0 Å². The van der Waals surface area contributed by atoms with Crippen LogP contribution in [0.2, 0.25) is 0 Å². The summed E-state index contributed by atoms with van der Waals surface area (Å²) in [6.45, 7) is 18.0. The van der Waals surface area contributed by atoms with E-state index in [4.69, 9.17) is 0 Å². The van der Waals surface area contributed by atoms with Crippen molar-refractivity contribution in [1.29, 1.82) is 0 Å². The van der Waals surface area contributed by atoms with Gasteiger partial charge < -0.3 is 5.11 Å². The molecule has 5 saturated carbocycles. The lowest BCUT2D eigenvalue weighted by Crippen LogP contribution is -2.68. The molecule has 0 heterocycles. The normalized spacial score (nSPS) is 57.1. The molecule has 2 nitrogen and oxygen atoms in total. The van der Waals surface area contributed by atoms with E-state index in [0.717, 1.165) is 18.8 Å². The molecule has 2 heteroatoms. The Morgan fingerprint density at radius 2 is 1.38 bits per heavy atom. The van der Waals surface area contributed by atoms with Crippen LogP contribution in [0.3, 0.4) is 0 Å². The Labute approximate surface area is 197 Å². The van der Waals surface area contributed by atoms with Crippen LogP contribution in [0, 0.1) is 56.2 Å². The Bertz CT molecular complexity index is 801. The van der Waals surface area contributed by atoms with Crippen molar-refractivity contribution in [2.45, 2.75) is 119 Å². The number of ketones is 1. The SMILES string of the molecule is C[C@H]1C(=O)CC[C@H]2[C@]1(C)CC[C@H]1[C@@]2(C)CC[C@@]2(C)[C@H]3CC(C)(C)CC[C@]3(CO)CC[C@]12C. The first-order valence-electron chi connectivity index (χ1n) is 13.9. The first kappa shape index (κ1) is 23.4.